The monoisotopic (exact) mass is 249 g/mol. The number of rotatable bonds is 3. The van der Waals surface area contributed by atoms with E-state index in [0.29, 0.717) is 6.54 Å². The summed E-state index contributed by atoms with van der Waals surface area (Å²) in [6.07, 6.45) is 2.70. The molecule has 0 radical (unpaired) electrons. The third-order valence-corrected chi connectivity index (χ3v) is 3.20. The van der Waals surface area contributed by atoms with Crippen molar-refractivity contribution in [3.05, 3.63) is 59.9 Å². The van der Waals surface area contributed by atoms with Crippen LogP contribution in [0, 0.1) is 0 Å². The van der Waals surface area contributed by atoms with Gasteiger partial charge in [0, 0.05) is 18.3 Å². The number of hydrogen-bond donors (Lipinski definition) is 0. The fourth-order valence-electron chi connectivity index (χ4n) is 2.16. The van der Waals surface area contributed by atoms with Crippen molar-refractivity contribution in [3.63, 3.8) is 0 Å². The number of nitrogens with zero attached hydrogens (tertiary/aromatic N) is 3. The highest BCUT2D eigenvalue weighted by Gasteiger charge is 2.12. The topological polar surface area (TPSA) is 37.6 Å². The Kier molecular flexibility index (Phi) is 3.19. The Hall–Kier alpha value is -2.29. The predicted molar refractivity (Wildman–Crippen MR) is 78.6 cm³/mol. The van der Waals surface area contributed by atoms with E-state index in [1.807, 2.05) is 31.2 Å². The highest BCUT2D eigenvalue weighted by atomic mass is 14.9. The van der Waals surface area contributed by atoms with Crippen LogP contribution < -0.4 is 0 Å². The lowest BCUT2D eigenvalue weighted by Crippen LogP contribution is -2.06. The van der Waals surface area contributed by atoms with Gasteiger partial charge in [0.05, 0.1) is 23.6 Å². The lowest BCUT2D eigenvalue weighted by atomic mass is 10.1. The molecule has 0 N–H and O–H groups in total. The maximum Gasteiger partial charge on any atom is 0.0837 e. The van der Waals surface area contributed by atoms with Crippen LogP contribution in [-0.4, -0.2) is 23.0 Å². The van der Waals surface area contributed by atoms with Gasteiger partial charge in [-0.05, 0) is 30.7 Å². The van der Waals surface area contributed by atoms with E-state index in [4.69, 9.17) is 0 Å². The van der Waals surface area contributed by atoms with Crippen LogP contribution in [0.15, 0.2) is 58.6 Å². The first-order chi connectivity index (χ1) is 9.33. The van der Waals surface area contributed by atoms with Crippen LogP contribution in [0.5, 0.6) is 0 Å². The Balaban J connectivity index is 1.72. The zero-order valence-electron chi connectivity index (χ0n) is 10.9. The predicted octanol–water partition coefficient (Wildman–Crippen LogP) is 3.22. The van der Waals surface area contributed by atoms with E-state index >= 15 is 0 Å². The summed E-state index contributed by atoms with van der Waals surface area (Å²) in [7, 11) is 0. The van der Waals surface area contributed by atoms with Gasteiger partial charge in [-0.25, -0.2) is 0 Å². The zero-order valence-corrected chi connectivity index (χ0v) is 10.9. The largest absolute Gasteiger partial charge is 0.282 e. The summed E-state index contributed by atoms with van der Waals surface area (Å²) in [6, 6.07) is 14.1. The molecule has 94 valence electrons. The number of fused-ring (bicyclic) bond motifs is 1. The standard InChI is InChI=1S/C16H15N3/c1-12(15-7-4-5-9-17-15)18-11-14-10-13-6-2-3-8-16(13)19-14/h2-9H,10-11H2,1H3. The molecule has 0 saturated carbocycles. The van der Waals surface area contributed by atoms with Crippen molar-refractivity contribution < 1.29 is 0 Å². The molecule has 0 atom stereocenters. The summed E-state index contributed by atoms with van der Waals surface area (Å²) in [5.41, 5.74) is 5.39. The van der Waals surface area contributed by atoms with E-state index < -0.39 is 0 Å². The Morgan fingerprint density at radius 2 is 2.00 bits per heavy atom. The summed E-state index contributed by atoms with van der Waals surface area (Å²) in [4.78, 5) is 13.5. The van der Waals surface area contributed by atoms with Crippen molar-refractivity contribution >= 4 is 17.1 Å². The van der Waals surface area contributed by atoms with E-state index in [1.54, 1.807) is 6.20 Å². The summed E-state index contributed by atoms with van der Waals surface area (Å²) >= 11 is 0. The van der Waals surface area contributed by atoms with Crippen LogP contribution in [0.25, 0.3) is 0 Å². The molecular formula is C16H15N3. The van der Waals surface area contributed by atoms with Crippen molar-refractivity contribution in [2.24, 2.45) is 9.98 Å². The van der Waals surface area contributed by atoms with Gasteiger partial charge in [-0.2, -0.15) is 0 Å². The molecule has 1 aliphatic heterocycles. The molecular weight excluding hydrogens is 234 g/mol. The van der Waals surface area contributed by atoms with Gasteiger partial charge in [0.1, 0.15) is 0 Å². The van der Waals surface area contributed by atoms with Crippen LogP contribution >= 0.6 is 0 Å². The van der Waals surface area contributed by atoms with Gasteiger partial charge in [0.15, 0.2) is 0 Å². The number of para-hydroxylation sites is 1. The molecule has 0 fully saturated rings. The highest BCUT2D eigenvalue weighted by molar-refractivity contribution is 6.00. The van der Waals surface area contributed by atoms with Gasteiger partial charge >= 0.3 is 0 Å². The highest BCUT2D eigenvalue weighted by Crippen LogP contribution is 2.25. The smallest absolute Gasteiger partial charge is 0.0837 e. The van der Waals surface area contributed by atoms with Crippen molar-refractivity contribution in [2.75, 3.05) is 6.54 Å². The fourth-order valence-corrected chi connectivity index (χ4v) is 2.16. The molecule has 0 saturated heterocycles. The second kappa shape index (κ2) is 5.14. The number of pyridine rings is 1. The summed E-state index contributed by atoms with van der Waals surface area (Å²) < 4.78 is 0. The molecule has 1 aromatic heterocycles. The van der Waals surface area contributed by atoms with Crippen molar-refractivity contribution in [3.8, 4) is 0 Å². The molecule has 19 heavy (non-hydrogen) atoms. The number of benzene rings is 1. The Morgan fingerprint density at radius 3 is 2.79 bits per heavy atom. The van der Waals surface area contributed by atoms with Crippen LogP contribution in [0.2, 0.25) is 0 Å². The summed E-state index contributed by atoms with van der Waals surface area (Å²) in [5, 5.41) is 0. The SMILES string of the molecule is CC(=NCC1=Nc2ccccc2C1)c1ccccn1. The van der Waals surface area contributed by atoms with Gasteiger partial charge < -0.3 is 0 Å². The van der Waals surface area contributed by atoms with Gasteiger partial charge in [-0.15, -0.1) is 0 Å². The van der Waals surface area contributed by atoms with Gasteiger partial charge in [-0.3, -0.25) is 15.0 Å². The maximum atomic E-state index is 4.61. The van der Waals surface area contributed by atoms with E-state index in [-0.39, 0.29) is 0 Å². The first kappa shape index (κ1) is 11.8. The zero-order chi connectivity index (χ0) is 13.1. The van der Waals surface area contributed by atoms with Gasteiger partial charge in [0.25, 0.3) is 0 Å². The number of aliphatic imine (C=N–C) groups is 2. The number of aromatic nitrogens is 1. The first-order valence-corrected chi connectivity index (χ1v) is 6.40. The number of hydrogen-bond acceptors (Lipinski definition) is 3. The van der Waals surface area contributed by atoms with Crippen molar-refractivity contribution in [1.29, 1.82) is 0 Å². The molecule has 3 nitrogen and oxygen atoms in total. The molecule has 3 heteroatoms. The fraction of sp³-hybridized carbons (Fsp3) is 0.188. The second-order valence-corrected chi connectivity index (χ2v) is 4.60. The molecule has 0 spiro atoms. The van der Waals surface area contributed by atoms with Crippen molar-refractivity contribution in [1.82, 2.24) is 4.98 Å². The third kappa shape index (κ3) is 2.60. The Labute approximate surface area is 112 Å². The Morgan fingerprint density at radius 1 is 1.16 bits per heavy atom. The van der Waals surface area contributed by atoms with E-state index in [1.165, 1.54) is 5.56 Å². The average molecular weight is 249 g/mol. The molecule has 0 amide bonds. The first-order valence-electron chi connectivity index (χ1n) is 6.40. The molecule has 1 aliphatic rings. The maximum absolute atomic E-state index is 4.61. The van der Waals surface area contributed by atoms with E-state index in [2.05, 4.69) is 33.2 Å². The quantitative estimate of drug-likeness (QED) is 0.769. The van der Waals surface area contributed by atoms with E-state index in [0.717, 1.165) is 29.2 Å². The molecule has 0 bridgehead atoms. The third-order valence-electron chi connectivity index (χ3n) is 3.20. The molecule has 2 aromatic rings. The average Bonchev–Trinajstić information content (AvgIpc) is 2.88. The van der Waals surface area contributed by atoms with Crippen LogP contribution in [0.4, 0.5) is 5.69 Å². The molecule has 2 heterocycles. The minimum absolute atomic E-state index is 0.650. The minimum Gasteiger partial charge on any atom is -0.282 e. The molecule has 0 aliphatic carbocycles. The van der Waals surface area contributed by atoms with Gasteiger partial charge in [-0.1, -0.05) is 24.3 Å². The van der Waals surface area contributed by atoms with Crippen LogP contribution in [0.1, 0.15) is 18.2 Å². The van der Waals surface area contributed by atoms with Crippen molar-refractivity contribution in [2.45, 2.75) is 13.3 Å². The van der Waals surface area contributed by atoms with Crippen LogP contribution in [-0.2, 0) is 6.42 Å². The molecule has 3 rings (SSSR count). The summed E-state index contributed by atoms with van der Waals surface area (Å²) in [5.74, 6) is 0. The Bertz CT molecular complexity index is 642. The summed E-state index contributed by atoms with van der Waals surface area (Å²) in [6.45, 7) is 2.64. The lowest BCUT2D eigenvalue weighted by Gasteiger charge is -2.00. The van der Waals surface area contributed by atoms with E-state index in [9.17, 15) is 0 Å². The second-order valence-electron chi connectivity index (χ2n) is 4.60. The minimum atomic E-state index is 0.650. The van der Waals surface area contributed by atoms with Gasteiger partial charge in [0.2, 0.25) is 0 Å². The lowest BCUT2D eigenvalue weighted by molar-refractivity contribution is 1.21. The normalized spacial score (nSPS) is 14.2. The molecule has 1 aromatic carbocycles. The molecule has 0 unspecified atom stereocenters. The van der Waals surface area contributed by atoms with Crippen LogP contribution in [0.3, 0.4) is 0 Å².